The molecule has 1 unspecified atom stereocenters. The maximum Gasteiger partial charge on any atom is 0.272 e. The highest BCUT2D eigenvalue weighted by Crippen LogP contribution is 2.25. The molecule has 0 bridgehead atoms. The lowest BCUT2D eigenvalue weighted by atomic mass is 10.0. The molecule has 20 heavy (non-hydrogen) atoms. The zero-order valence-electron chi connectivity index (χ0n) is 12.7. The van der Waals surface area contributed by atoms with Crippen LogP contribution >= 0.6 is 0 Å². The number of rotatable bonds is 5. The third kappa shape index (κ3) is 3.30. The topological polar surface area (TPSA) is 45.2 Å². The standard InChI is InChI=1S/C16H25N3O/c1-4-10-17-15-9-5-7-13(18-15)16(20)19-11-6-8-14(19)12(2)3/h5,7,9,12,14H,4,6,8,10-11H2,1-3H3,(H,17,18). The van der Waals surface area contributed by atoms with Gasteiger partial charge in [0.05, 0.1) is 0 Å². The highest BCUT2D eigenvalue weighted by molar-refractivity contribution is 5.93. The molecule has 0 saturated carbocycles. The van der Waals surface area contributed by atoms with E-state index in [1.54, 1.807) is 0 Å². The van der Waals surface area contributed by atoms with Gasteiger partial charge in [0.15, 0.2) is 0 Å². The number of aromatic nitrogens is 1. The van der Waals surface area contributed by atoms with Crippen LogP contribution in [-0.2, 0) is 0 Å². The Balaban J connectivity index is 2.12. The second-order valence-corrected chi connectivity index (χ2v) is 5.79. The molecule has 0 radical (unpaired) electrons. The first-order valence-electron chi connectivity index (χ1n) is 7.65. The summed E-state index contributed by atoms with van der Waals surface area (Å²) in [5.74, 6) is 1.36. The van der Waals surface area contributed by atoms with Gasteiger partial charge in [-0.3, -0.25) is 4.79 Å². The number of carbonyl (C=O) groups is 1. The van der Waals surface area contributed by atoms with Gasteiger partial charge in [0, 0.05) is 19.1 Å². The maximum absolute atomic E-state index is 12.6. The van der Waals surface area contributed by atoms with Gasteiger partial charge in [-0.2, -0.15) is 0 Å². The zero-order chi connectivity index (χ0) is 14.5. The van der Waals surface area contributed by atoms with Gasteiger partial charge in [0.25, 0.3) is 5.91 Å². The first kappa shape index (κ1) is 14.8. The Labute approximate surface area is 121 Å². The van der Waals surface area contributed by atoms with E-state index < -0.39 is 0 Å². The van der Waals surface area contributed by atoms with Gasteiger partial charge in [-0.25, -0.2) is 4.98 Å². The van der Waals surface area contributed by atoms with E-state index in [4.69, 9.17) is 0 Å². The molecule has 1 aromatic heterocycles. The number of carbonyl (C=O) groups excluding carboxylic acids is 1. The quantitative estimate of drug-likeness (QED) is 0.897. The maximum atomic E-state index is 12.6. The Morgan fingerprint density at radius 2 is 2.30 bits per heavy atom. The van der Waals surface area contributed by atoms with Crippen LogP contribution in [0.5, 0.6) is 0 Å². The first-order valence-corrected chi connectivity index (χ1v) is 7.65. The summed E-state index contributed by atoms with van der Waals surface area (Å²) in [6.45, 7) is 8.21. The number of pyridine rings is 1. The smallest absolute Gasteiger partial charge is 0.272 e. The largest absolute Gasteiger partial charge is 0.370 e. The van der Waals surface area contributed by atoms with Gasteiger partial charge in [0.1, 0.15) is 11.5 Å². The monoisotopic (exact) mass is 275 g/mol. The van der Waals surface area contributed by atoms with Crippen molar-refractivity contribution in [2.45, 2.75) is 46.1 Å². The lowest BCUT2D eigenvalue weighted by Crippen LogP contribution is -2.38. The van der Waals surface area contributed by atoms with Crippen LogP contribution in [0.3, 0.4) is 0 Å². The third-order valence-electron chi connectivity index (χ3n) is 3.85. The van der Waals surface area contributed by atoms with E-state index >= 15 is 0 Å². The Kier molecular flexibility index (Phi) is 4.99. The molecule has 4 nitrogen and oxygen atoms in total. The van der Waals surface area contributed by atoms with Crippen molar-refractivity contribution in [1.29, 1.82) is 0 Å². The van der Waals surface area contributed by atoms with Gasteiger partial charge in [0.2, 0.25) is 0 Å². The molecule has 2 rings (SSSR count). The van der Waals surface area contributed by atoms with E-state index in [2.05, 4.69) is 31.1 Å². The van der Waals surface area contributed by atoms with Gasteiger partial charge in [-0.05, 0) is 37.3 Å². The molecule has 1 N–H and O–H groups in total. The molecule has 110 valence electrons. The van der Waals surface area contributed by atoms with E-state index in [-0.39, 0.29) is 5.91 Å². The van der Waals surface area contributed by atoms with E-state index in [1.165, 1.54) is 0 Å². The summed E-state index contributed by atoms with van der Waals surface area (Å²) >= 11 is 0. The van der Waals surface area contributed by atoms with Gasteiger partial charge < -0.3 is 10.2 Å². The summed E-state index contributed by atoms with van der Waals surface area (Å²) in [6.07, 6.45) is 3.25. The van der Waals surface area contributed by atoms with Crippen LogP contribution < -0.4 is 5.32 Å². The lowest BCUT2D eigenvalue weighted by molar-refractivity contribution is 0.0695. The molecule has 2 heterocycles. The van der Waals surface area contributed by atoms with E-state index in [0.29, 0.717) is 17.7 Å². The molecule has 1 aromatic rings. The minimum Gasteiger partial charge on any atom is -0.370 e. The number of nitrogens with zero attached hydrogens (tertiary/aromatic N) is 2. The zero-order valence-corrected chi connectivity index (χ0v) is 12.7. The molecular formula is C16H25N3O. The molecule has 1 saturated heterocycles. The van der Waals surface area contributed by atoms with Crippen LogP contribution in [0.2, 0.25) is 0 Å². The van der Waals surface area contributed by atoms with Crippen LogP contribution in [0.1, 0.15) is 50.5 Å². The molecule has 4 heteroatoms. The van der Waals surface area contributed by atoms with E-state index in [1.807, 2.05) is 23.1 Å². The molecule has 1 amide bonds. The first-order chi connectivity index (χ1) is 9.63. The summed E-state index contributed by atoms with van der Waals surface area (Å²) in [4.78, 5) is 19.1. The fourth-order valence-electron chi connectivity index (χ4n) is 2.79. The van der Waals surface area contributed by atoms with Crippen molar-refractivity contribution in [1.82, 2.24) is 9.88 Å². The summed E-state index contributed by atoms with van der Waals surface area (Å²) in [5, 5.41) is 3.23. The second-order valence-electron chi connectivity index (χ2n) is 5.79. The Hall–Kier alpha value is -1.58. The molecule has 1 aliphatic heterocycles. The summed E-state index contributed by atoms with van der Waals surface area (Å²) in [5.41, 5.74) is 0.554. The number of anilines is 1. The van der Waals surface area contributed by atoms with Gasteiger partial charge >= 0.3 is 0 Å². The average molecular weight is 275 g/mol. The molecule has 1 atom stereocenters. The molecular weight excluding hydrogens is 250 g/mol. The molecule has 0 spiro atoms. The van der Waals surface area contributed by atoms with Crippen molar-refractivity contribution in [3.8, 4) is 0 Å². The fourth-order valence-corrected chi connectivity index (χ4v) is 2.79. The van der Waals surface area contributed by atoms with Crippen molar-refractivity contribution in [3.05, 3.63) is 23.9 Å². The second kappa shape index (κ2) is 6.73. The Morgan fingerprint density at radius 1 is 1.50 bits per heavy atom. The average Bonchev–Trinajstić information content (AvgIpc) is 2.94. The molecule has 0 aromatic carbocycles. The SMILES string of the molecule is CCCNc1cccc(C(=O)N2CCCC2C(C)C)n1. The van der Waals surface area contributed by atoms with Gasteiger partial charge in [-0.1, -0.05) is 26.8 Å². The van der Waals surface area contributed by atoms with Gasteiger partial charge in [-0.15, -0.1) is 0 Å². The fraction of sp³-hybridized carbons (Fsp3) is 0.625. The summed E-state index contributed by atoms with van der Waals surface area (Å²) < 4.78 is 0. The lowest BCUT2D eigenvalue weighted by Gasteiger charge is -2.27. The van der Waals surface area contributed by atoms with Crippen molar-refractivity contribution in [2.24, 2.45) is 5.92 Å². The number of likely N-dealkylation sites (tertiary alicyclic amines) is 1. The van der Waals surface area contributed by atoms with Crippen molar-refractivity contribution >= 4 is 11.7 Å². The molecule has 0 aliphatic carbocycles. The van der Waals surface area contributed by atoms with Crippen LogP contribution in [0.4, 0.5) is 5.82 Å². The molecule has 1 fully saturated rings. The van der Waals surface area contributed by atoms with E-state index in [9.17, 15) is 4.79 Å². The van der Waals surface area contributed by atoms with Crippen LogP contribution in [-0.4, -0.2) is 34.9 Å². The molecule has 1 aliphatic rings. The number of amides is 1. The summed E-state index contributed by atoms with van der Waals surface area (Å²) in [6, 6.07) is 5.99. The Morgan fingerprint density at radius 3 is 3.00 bits per heavy atom. The minimum absolute atomic E-state index is 0.0707. The highest BCUT2D eigenvalue weighted by atomic mass is 16.2. The van der Waals surface area contributed by atoms with Crippen LogP contribution in [0.15, 0.2) is 18.2 Å². The van der Waals surface area contributed by atoms with Crippen LogP contribution in [0, 0.1) is 5.92 Å². The predicted octanol–water partition coefficient (Wildman–Crippen LogP) is 3.16. The summed E-state index contributed by atoms with van der Waals surface area (Å²) in [7, 11) is 0. The minimum atomic E-state index is 0.0707. The number of hydrogen-bond acceptors (Lipinski definition) is 3. The third-order valence-corrected chi connectivity index (χ3v) is 3.85. The number of nitrogens with one attached hydrogen (secondary N) is 1. The van der Waals surface area contributed by atoms with Crippen molar-refractivity contribution in [3.63, 3.8) is 0 Å². The normalized spacial score (nSPS) is 18.6. The van der Waals surface area contributed by atoms with Crippen molar-refractivity contribution in [2.75, 3.05) is 18.4 Å². The van der Waals surface area contributed by atoms with Crippen molar-refractivity contribution < 1.29 is 4.79 Å². The van der Waals surface area contributed by atoms with E-state index in [0.717, 1.165) is 38.2 Å². The Bertz CT molecular complexity index is 459. The number of hydrogen-bond donors (Lipinski definition) is 1. The predicted molar refractivity (Wildman–Crippen MR) is 81.9 cm³/mol. The van der Waals surface area contributed by atoms with Crippen LogP contribution in [0.25, 0.3) is 0 Å². The highest BCUT2D eigenvalue weighted by Gasteiger charge is 2.31.